The second-order valence-electron chi connectivity index (χ2n) is 8.86. The molecule has 1 aromatic heterocycles. The number of carbonyl (C=O) groups is 1. The number of hydrogen-bond acceptors (Lipinski definition) is 7. The summed E-state index contributed by atoms with van der Waals surface area (Å²) in [4.78, 5) is 25.0. The number of carbonyl (C=O) groups excluding carboxylic acids is 1. The standard InChI is InChI=1S/C21H30O7/c1-9(2)15(22)16(23)18-20(6)14(11(4)21(7,25)28-18)8-13-17(27-20)10(3)12(5)26-19(13)24/h9,11,14,16,18,23,25H,8H2,1-7H3/t11-,14-,16?,18-,20+,21+/m1/s1. The van der Waals surface area contributed by atoms with E-state index in [1.54, 1.807) is 34.6 Å². The van der Waals surface area contributed by atoms with E-state index < -0.39 is 41.1 Å². The van der Waals surface area contributed by atoms with Gasteiger partial charge in [-0.25, -0.2) is 4.79 Å². The molecule has 1 aromatic rings. The zero-order valence-electron chi connectivity index (χ0n) is 17.5. The number of aryl methyl sites for hydroxylation is 1. The van der Waals surface area contributed by atoms with Crippen LogP contribution in [0.2, 0.25) is 0 Å². The molecule has 3 rings (SSSR count). The van der Waals surface area contributed by atoms with Crippen LogP contribution in [0.25, 0.3) is 0 Å². The van der Waals surface area contributed by atoms with Gasteiger partial charge in [0, 0.05) is 23.3 Å². The Morgan fingerprint density at radius 2 is 1.86 bits per heavy atom. The van der Waals surface area contributed by atoms with E-state index in [9.17, 15) is 19.8 Å². The normalized spacial score (nSPS) is 35.7. The number of fused-ring (bicyclic) bond motifs is 2. The highest BCUT2D eigenvalue weighted by atomic mass is 16.7. The van der Waals surface area contributed by atoms with Gasteiger partial charge < -0.3 is 24.1 Å². The van der Waals surface area contributed by atoms with E-state index in [1.165, 1.54) is 6.92 Å². The first-order valence-corrected chi connectivity index (χ1v) is 9.75. The van der Waals surface area contributed by atoms with Crippen molar-refractivity contribution in [2.75, 3.05) is 0 Å². The predicted molar refractivity (Wildman–Crippen MR) is 101 cm³/mol. The largest absolute Gasteiger partial charge is 0.483 e. The van der Waals surface area contributed by atoms with Crippen molar-refractivity contribution in [1.29, 1.82) is 0 Å². The third kappa shape index (κ3) is 3.00. The summed E-state index contributed by atoms with van der Waals surface area (Å²) < 4.78 is 17.5. The molecular formula is C21H30O7. The topological polar surface area (TPSA) is 106 Å². The number of hydrogen-bond donors (Lipinski definition) is 2. The Hall–Kier alpha value is -1.70. The van der Waals surface area contributed by atoms with Crippen LogP contribution in [0.15, 0.2) is 9.21 Å². The fourth-order valence-corrected chi connectivity index (χ4v) is 4.45. The maximum absolute atomic E-state index is 12.5. The monoisotopic (exact) mass is 394 g/mol. The summed E-state index contributed by atoms with van der Waals surface area (Å²) >= 11 is 0. The molecular weight excluding hydrogens is 364 g/mol. The Labute approximate surface area is 164 Å². The second kappa shape index (κ2) is 6.68. The van der Waals surface area contributed by atoms with Crippen LogP contribution in [0.5, 0.6) is 5.75 Å². The third-order valence-electron chi connectivity index (χ3n) is 6.64. The van der Waals surface area contributed by atoms with Crippen LogP contribution in [-0.4, -0.2) is 39.6 Å². The molecule has 0 radical (unpaired) electrons. The summed E-state index contributed by atoms with van der Waals surface area (Å²) in [6.45, 7) is 12.0. The van der Waals surface area contributed by atoms with Gasteiger partial charge in [-0.3, -0.25) is 4.79 Å². The molecule has 1 fully saturated rings. The van der Waals surface area contributed by atoms with Gasteiger partial charge in [-0.05, 0) is 34.1 Å². The highest BCUT2D eigenvalue weighted by Gasteiger charge is 2.62. The van der Waals surface area contributed by atoms with Crippen LogP contribution in [0.1, 0.15) is 51.5 Å². The van der Waals surface area contributed by atoms with Gasteiger partial charge in [-0.1, -0.05) is 20.8 Å². The quantitative estimate of drug-likeness (QED) is 0.806. The van der Waals surface area contributed by atoms with E-state index in [2.05, 4.69) is 0 Å². The maximum atomic E-state index is 12.5. The molecule has 0 saturated carbocycles. The van der Waals surface area contributed by atoms with E-state index in [4.69, 9.17) is 13.9 Å². The van der Waals surface area contributed by atoms with E-state index in [1.807, 2.05) is 6.92 Å². The van der Waals surface area contributed by atoms with Crippen molar-refractivity contribution in [3.8, 4) is 5.75 Å². The first-order chi connectivity index (χ1) is 12.8. The minimum atomic E-state index is -1.59. The van der Waals surface area contributed by atoms with Crippen molar-refractivity contribution in [2.45, 2.75) is 78.5 Å². The summed E-state index contributed by atoms with van der Waals surface area (Å²) in [7, 11) is 0. The number of rotatable bonds is 3. The van der Waals surface area contributed by atoms with Gasteiger partial charge in [0.05, 0.1) is 5.56 Å². The average Bonchev–Trinajstić information content (AvgIpc) is 2.61. The van der Waals surface area contributed by atoms with Crippen molar-refractivity contribution in [3.05, 3.63) is 27.3 Å². The molecule has 2 aliphatic rings. The molecule has 0 bridgehead atoms. The molecule has 6 atom stereocenters. The Bertz CT molecular complexity index is 853. The summed E-state index contributed by atoms with van der Waals surface area (Å²) in [5, 5.41) is 21.7. The van der Waals surface area contributed by atoms with Gasteiger partial charge in [0.25, 0.3) is 0 Å². The summed E-state index contributed by atoms with van der Waals surface area (Å²) in [5.74, 6) is -2.29. The highest BCUT2D eigenvalue weighted by Crippen LogP contribution is 2.51. The molecule has 1 saturated heterocycles. The minimum absolute atomic E-state index is 0.301. The van der Waals surface area contributed by atoms with E-state index in [0.717, 1.165) is 0 Å². The zero-order chi connectivity index (χ0) is 21.2. The van der Waals surface area contributed by atoms with Crippen LogP contribution in [0, 0.1) is 31.6 Å². The van der Waals surface area contributed by atoms with Gasteiger partial charge in [0.15, 0.2) is 11.6 Å². The van der Waals surface area contributed by atoms with Crippen molar-refractivity contribution < 1.29 is 28.9 Å². The summed E-state index contributed by atoms with van der Waals surface area (Å²) in [5.41, 5.74) is -0.459. The molecule has 0 aliphatic carbocycles. The zero-order valence-corrected chi connectivity index (χ0v) is 17.5. The predicted octanol–water partition coefficient (Wildman–Crippen LogP) is 1.90. The summed E-state index contributed by atoms with van der Waals surface area (Å²) in [6, 6.07) is 0. The maximum Gasteiger partial charge on any atom is 0.342 e. The third-order valence-corrected chi connectivity index (χ3v) is 6.64. The van der Waals surface area contributed by atoms with E-state index in [-0.39, 0.29) is 11.7 Å². The number of Topliss-reactive ketones (excluding diaryl/α,β-unsaturated/α-hetero) is 1. The lowest BCUT2D eigenvalue weighted by Crippen LogP contribution is -2.70. The van der Waals surface area contributed by atoms with E-state index in [0.29, 0.717) is 29.1 Å². The molecule has 2 aliphatic heterocycles. The Morgan fingerprint density at radius 3 is 2.43 bits per heavy atom. The number of ether oxygens (including phenoxy) is 2. The van der Waals surface area contributed by atoms with Gasteiger partial charge in [0.1, 0.15) is 29.3 Å². The molecule has 2 N–H and O–H groups in total. The van der Waals surface area contributed by atoms with Crippen LogP contribution in [-0.2, 0) is 16.0 Å². The first-order valence-electron chi connectivity index (χ1n) is 9.75. The lowest BCUT2D eigenvalue weighted by atomic mass is 9.65. The molecule has 1 unspecified atom stereocenters. The minimum Gasteiger partial charge on any atom is -0.483 e. The van der Waals surface area contributed by atoms with Gasteiger partial charge >= 0.3 is 5.63 Å². The molecule has 0 spiro atoms. The van der Waals surface area contributed by atoms with Crippen molar-refractivity contribution in [2.24, 2.45) is 17.8 Å². The molecule has 156 valence electrons. The fraction of sp³-hybridized carbons (Fsp3) is 0.714. The number of ketones is 1. The number of aliphatic hydroxyl groups excluding tert-OH is 1. The molecule has 3 heterocycles. The Kier molecular flexibility index (Phi) is 5.01. The van der Waals surface area contributed by atoms with Crippen molar-refractivity contribution >= 4 is 5.78 Å². The van der Waals surface area contributed by atoms with Crippen molar-refractivity contribution in [1.82, 2.24) is 0 Å². The van der Waals surface area contributed by atoms with Crippen LogP contribution < -0.4 is 10.4 Å². The average molecular weight is 394 g/mol. The Balaban J connectivity index is 2.16. The molecule has 0 amide bonds. The van der Waals surface area contributed by atoms with Crippen LogP contribution in [0.3, 0.4) is 0 Å². The highest BCUT2D eigenvalue weighted by molar-refractivity contribution is 5.85. The first kappa shape index (κ1) is 21.0. The summed E-state index contributed by atoms with van der Waals surface area (Å²) in [6.07, 6.45) is -2.25. The van der Waals surface area contributed by atoms with Gasteiger partial charge in [0.2, 0.25) is 0 Å². The van der Waals surface area contributed by atoms with E-state index >= 15 is 0 Å². The fourth-order valence-electron chi connectivity index (χ4n) is 4.45. The number of aliphatic hydroxyl groups is 2. The van der Waals surface area contributed by atoms with Gasteiger partial charge in [-0.15, -0.1) is 0 Å². The lowest BCUT2D eigenvalue weighted by molar-refractivity contribution is -0.342. The smallest absolute Gasteiger partial charge is 0.342 e. The molecule has 0 aromatic carbocycles. The molecule has 28 heavy (non-hydrogen) atoms. The van der Waals surface area contributed by atoms with Crippen LogP contribution >= 0.6 is 0 Å². The van der Waals surface area contributed by atoms with Gasteiger partial charge in [-0.2, -0.15) is 0 Å². The molecule has 7 nitrogen and oxygen atoms in total. The lowest BCUT2D eigenvalue weighted by Gasteiger charge is -2.57. The Morgan fingerprint density at radius 1 is 1.25 bits per heavy atom. The van der Waals surface area contributed by atoms with Crippen LogP contribution in [0.4, 0.5) is 0 Å². The van der Waals surface area contributed by atoms with Crippen molar-refractivity contribution in [3.63, 3.8) is 0 Å². The SMILES string of the molecule is Cc1oc(=O)c2c(c1C)O[C@]1(C)[C@@H](C(O)C(=O)C(C)C)O[C@](C)(O)[C@H](C)[C@H]1C2. The second-order valence-corrected chi connectivity index (χ2v) is 8.86. The molecule has 7 heteroatoms.